The summed E-state index contributed by atoms with van der Waals surface area (Å²) in [6.45, 7) is 1.80. The minimum Gasteiger partial charge on any atom is -0.465 e. The Morgan fingerprint density at radius 1 is 1.07 bits per heavy atom. The van der Waals surface area contributed by atoms with Crippen molar-refractivity contribution in [3.63, 3.8) is 0 Å². The SMILES string of the molecule is Cc1ncc(-c2ccc3cnc(NC(=O)C4CCC(NC(=O)O)CC4)cc3c2)o1. The molecule has 4 rings (SSSR count). The molecule has 3 N–H and O–H groups in total. The Bertz CT molecular complexity index is 1050. The number of carboxylic acid groups (broad SMARTS) is 1. The highest BCUT2D eigenvalue weighted by Crippen LogP contribution is 2.28. The van der Waals surface area contributed by atoms with Gasteiger partial charge < -0.3 is 20.2 Å². The third-order valence-corrected chi connectivity index (χ3v) is 5.30. The van der Waals surface area contributed by atoms with Crippen LogP contribution in [0.4, 0.5) is 10.6 Å². The van der Waals surface area contributed by atoms with Crippen LogP contribution in [-0.4, -0.2) is 33.1 Å². The molecular formula is C21H22N4O4. The van der Waals surface area contributed by atoms with Crippen molar-refractivity contribution in [1.82, 2.24) is 15.3 Å². The molecule has 0 aliphatic heterocycles. The van der Waals surface area contributed by atoms with Crippen molar-refractivity contribution < 1.29 is 19.1 Å². The summed E-state index contributed by atoms with van der Waals surface area (Å²) >= 11 is 0. The number of nitrogens with one attached hydrogen (secondary N) is 2. The first-order valence-electron chi connectivity index (χ1n) is 9.61. The van der Waals surface area contributed by atoms with Crippen LogP contribution in [0.25, 0.3) is 22.1 Å². The maximum atomic E-state index is 12.6. The predicted molar refractivity (Wildman–Crippen MR) is 108 cm³/mol. The van der Waals surface area contributed by atoms with Gasteiger partial charge in [0.05, 0.1) is 6.20 Å². The van der Waals surface area contributed by atoms with Gasteiger partial charge in [0.1, 0.15) is 5.82 Å². The highest BCUT2D eigenvalue weighted by atomic mass is 16.4. The van der Waals surface area contributed by atoms with Crippen LogP contribution in [0.1, 0.15) is 31.6 Å². The van der Waals surface area contributed by atoms with Gasteiger partial charge in [-0.15, -0.1) is 0 Å². The van der Waals surface area contributed by atoms with Crippen LogP contribution >= 0.6 is 0 Å². The number of anilines is 1. The predicted octanol–water partition coefficient (Wildman–Crippen LogP) is 3.96. The van der Waals surface area contributed by atoms with Gasteiger partial charge in [0.2, 0.25) is 5.91 Å². The Balaban J connectivity index is 1.45. The lowest BCUT2D eigenvalue weighted by Gasteiger charge is -2.27. The maximum absolute atomic E-state index is 12.6. The smallest absolute Gasteiger partial charge is 0.404 e. The van der Waals surface area contributed by atoms with Gasteiger partial charge in [-0.3, -0.25) is 4.79 Å². The minimum absolute atomic E-state index is 0.0755. The summed E-state index contributed by atoms with van der Waals surface area (Å²) in [4.78, 5) is 31.8. The second kappa shape index (κ2) is 7.90. The molecule has 0 bridgehead atoms. The largest absolute Gasteiger partial charge is 0.465 e. The average molecular weight is 394 g/mol. The number of hydrogen-bond donors (Lipinski definition) is 3. The third-order valence-electron chi connectivity index (χ3n) is 5.30. The van der Waals surface area contributed by atoms with Crippen molar-refractivity contribution in [2.45, 2.75) is 38.6 Å². The molecule has 0 atom stereocenters. The molecule has 29 heavy (non-hydrogen) atoms. The zero-order valence-corrected chi connectivity index (χ0v) is 16.0. The van der Waals surface area contributed by atoms with E-state index in [1.807, 2.05) is 24.3 Å². The van der Waals surface area contributed by atoms with Crippen molar-refractivity contribution >= 4 is 28.6 Å². The number of carbonyl (C=O) groups is 2. The summed E-state index contributed by atoms with van der Waals surface area (Å²) in [5, 5.41) is 16.1. The molecule has 150 valence electrons. The van der Waals surface area contributed by atoms with Gasteiger partial charge in [0.15, 0.2) is 11.7 Å². The number of aromatic nitrogens is 2. The number of amides is 2. The lowest BCUT2D eigenvalue weighted by atomic mass is 9.85. The van der Waals surface area contributed by atoms with Crippen LogP contribution in [-0.2, 0) is 4.79 Å². The van der Waals surface area contributed by atoms with E-state index < -0.39 is 6.09 Å². The fourth-order valence-corrected chi connectivity index (χ4v) is 3.76. The van der Waals surface area contributed by atoms with Crippen LogP contribution in [0.2, 0.25) is 0 Å². The van der Waals surface area contributed by atoms with E-state index in [1.165, 1.54) is 0 Å². The van der Waals surface area contributed by atoms with E-state index in [2.05, 4.69) is 20.6 Å². The van der Waals surface area contributed by atoms with Crippen molar-refractivity contribution in [2.75, 3.05) is 5.32 Å². The fraction of sp³-hybridized carbons (Fsp3) is 0.333. The Morgan fingerprint density at radius 3 is 2.55 bits per heavy atom. The number of pyridine rings is 1. The third kappa shape index (κ3) is 4.37. The molecular weight excluding hydrogens is 372 g/mol. The van der Waals surface area contributed by atoms with Crippen LogP contribution in [0.3, 0.4) is 0 Å². The lowest BCUT2D eigenvalue weighted by Crippen LogP contribution is -2.38. The molecule has 8 heteroatoms. The standard InChI is InChI=1S/C21H22N4O4/c1-12-22-11-18(29-12)14-2-3-15-10-23-19(9-16(15)8-14)25-20(26)13-4-6-17(7-5-13)24-21(27)28/h2-3,8-11,13,17,24H,4-7H2,1H3,(H,27,28)(H,23,25,26). The molecule has 0 unspecified atom stereocenters. The number of aryl methyl sites for hydroxylation is 1. The van der Waals surface area contributed by atoms with Gasteiger partial charge in [0, 0.05) is 36.0 Å². The normalized spacial score (nSPS) is 19.1. The second-order valence-corrected chi connectivity index (χ2v) is 7.36. The molecule has 1 aliphatic carbocycles. The molecule has 1 aromatic carbocycles. The lowest BCUT2D eigenvalue weighted by molar-refractivity contribution is -0.120. The van der Waals surface area contributed by atoms with Crippen molar-refractivity contribution in [3.8, 4) is 11.3 Å². The first kappa shape index (κ1) is 18.9. The Kier molecular flexibility index (Phi) is 5.16. The molecule has 3 aromatic rings. The summed E-state index contributed by atoms with van der Waals surface area (Å²) in [6, 6.07) is 7.66. The average Bonchev–Trinajstić information content (AvgIpc) is 3.14. The molecule has 2 aromatic heterocycles. The minimum atomic E-state index is -1.02. The molecule has 2 heterocycles. The van der Waals surface area contributed by atoms with Gasteiger partial charge in [-0.25, -0.2) is 14.8 Å². The summed E-state index contributed by atoms with van der Waals surface area (Å²) in [6.07, 6.45) is 5.03. The first-order chi connectivity index (χ1) is 14.0. The van der Waals surface area contributed by atoms with E-state index in [0.717, 1.165) is 16.3 Å². The first-order valence-corrected chi connectivity index (χ1v) is 9.61. The molecule has 1 fully saturated rings. The number of hydrogen-bond acceptors (Lipinski definition) is 5. The monoisotopic (exact) mass is 394 g/mol. The van der Waals surface area contributed by atoms with Crippen molar-refractivity contribution in [2.24, 2.45) is 5.92 Å². The molecule has 0 saturated heterocycles. The van der Waals surface area contributed by atoms with E-state index >= 15 is 0 Å². The molecule has 0 radical (unpaired) electrons. The summed E-state index contributed by atoms with van der Waals surface area (Å²) in [5.41, 5.74) is 0.908. The van der Waals surface area contributed by atoms with Gasteiger partial charge >= 0.3 is 6.09 Å². The number of benzene rings is 1. The van der Waals surface area contributed by atoms with Gasteiger partial charge in [-0.05, 0) is 43.2 Å². The number of fused-ring (bicyclic) bond motifs is 1. The van der Waals surface area contributed by atoms with E-state index in [9.17, 15) is 9.59 Å². The summed E-state index contributed by atoms with van der Waals surface area (Å²) in [7, 11) is 0. The number of rotatable bonds is 4. The Hall–Kier alpha value is -3.42. The topological polar surface area (TPSA) is 117 Å². The van der Waals surface area contributed by atoms with Crippen LogP contribution in [0, 0.1) is 12.8 Å². The summed E-state index contributed by atoms with van der Waals surface area (Å²) in [5.74, 6) is 1.59. The number of nitrogens with zero attached hydrogens (tertiary/aromatic N) is 2. The fourth-order valence-electron chi connectivity index (χ4n) is 3.76. The van der Waals surface area contributed by atoms with Crippen molar-refractivity contribution in [3.05, 3.63) is 42.5 Å². The Morgan fingerprint density at radius 2 is 1.86 bits per heavy atom. The second-order valence-electron chi connectivity index (χ2n) is 7.36. The molecule has 1 aliphatic rings. The quantitative estimate of drug-likeness (QED) is 0.616. The molecule has 1 saturated carbocycles. The highest BCUT2D eigenvalue weighted by Gasteiger charge is 2.27. The van der Waals surface area contributed by atoms with Crippen molar-refractivity contribution in [1.29, 1.82) is 0 Å². The van der Waals surface area contributed by atoms with E-state index in [-0.39, 0.29) is 17.9 Å². The van der Waals surface area contributed by atoms with Crippen LogP contribution < -0.4 is 10.6 Å². The molecule has 8 nitrogen and oxygen atoms in total. The van der Waals surface area contributed by atoms with Gasteiger partial charge in [0.25, 0.3) is 0 Å². The molecule has 2 amide bonds. The summed E-state index contributed by atoms with van der Waals surface area (Å²) < 4.78 is 5.59. The Labute approximate surface area is 167 Å². The zero-order chi connectivity index (χ0) is 20.4. The number of oxazole rings is 1. The van der Waals surface area contributed by atoms with E-state index in [4.69, 9.17) is 9.52 Å². The van der Waals surface area contributed by atoms with E-state index in [1.54, 1.807) is 19.3 Å². The van der Waals surface area contributed by atoms with Crippen LogP contribution in [0.15, 0.2) is 41.1 Å². The maximum Gasteiger partial charge on any atom is 0.404 e. The van der Waals surface area contributed by atoms with E-state index in [0.29, 0.717) is 43.2 Å². The van der Waals surface area contributed by atoms with Gasteiger partial charge in [-0.2, -0.15) is 0 Å². The highest BCUT2D eigenvalue weighted by molar-refractivity contribution is 5.95. The van der Waals surface area contributed by atoms with Crippen LogP contribution in [0.5, 0.6) is 0 Å². The molecule has 0 spiro atoms. The van der Waals surface area contributed by atoms with Gasteiger partial charge in [-0.1, -0.05) is 12.1 Å². The zero-order valence-electron chi connectivity index (χ0n) is 16.0. The number of carbonyl (C=O) groups excluding carboxylic acids is 1.